The molecule has 82 heavy (non-hydrogen) atoms. The van der Waals surface area contributed by atoms with E-state index < -0.39 is 0 Å². The normalized spacial score (nSPS) is 12.2. The van der Waals surface area contributed by atoms with Crippen LogP contribution >= 0.6 is 0 Å². The van der Waals surface area contributed by atoms with Crippen molar-refractivity contribution in [2.45, 2.75) is 7.43 Å². The second-order valence-electron chi connectivity index (χ2n) is 21.5. The molecule has 0 atom stereocenters. The van der Waals surface area contributed by atoms with Gasteiger partial charge in [-0.05, 0) is 189 Å². The van der Waals surface area contributed by atoms with E-state index in [-0.39, 0.29) is 37.9 Å². The topological polar surface area (TPSA) is 34.1 Å². The van der Waals surface area contributed by atoms with Crippen molar-refractivity contribution in [2.24, 2.45) is 0 Å². The summed E-state index contributed by atoms with van der Waals surface area (Å²) in [7, 11) is 0. The van der Waals surface area contributed by atoms with E-state index in [4.69, 9.17) is 0 Å². The van der Waals surface area contributed by atoms with Crippen molar-refractivity contribution in [3.63, 3.8) is 0 Å². The van der Waals surface area contributed by atoms with Crippen LogP contribution in [0.4, 0.5) is 0 Å². The Hall–Kier alpha value is -9.94. The molecule has 19 rings (SSSR count). The minimum atomic E-state index is -0.0713. The van der Waals surface area contributed by atoms with E-state index in [1.165, 1.54) is 131 Å². The predicted octanol–water partition coefficient (Wildman–Crippen LogP) is 18.0. The van der Waals surface area contributed by atoms with Crippen molar-refractivity contribution in [2.75, 3.05) is 0 Å². The fourth-order valence-corrected chi connectivity index (χ4v) is 14.0. The SMILES string of the molecule is C.O=C1c2ccccc2C(=O)c2cc3c(cc21)-c1ccc2ccc4cccc5cc-3c1c2c45.[Li+].[c-]1ccccc1.c1ccc(-c2c3ccccc3c(-c3ccccc3)c3cc4c(cc23)-c2ccc3ccc5cccc6cc-4c2c3c56)cc1. The molecule has 16 aromatic rings. The van der Waals surface area contributed by atoms with Crippen LogP contribution in [0, 0.1) is 6.07 Å². The van der Waals surface area contributed by atoms with E-state index in [1.807, 2.05) is 54.6 Å². The van der Waals surface area contributed by atoms with E-state index in [0.29, 0.717) is 22.3 Å². The molecular weight excluding hydrogens is 988 g/mol. The maximum atomic E-state index is 13.3. The van der Waals surface area contributed by atoms with Gasteiger partial charge in [0.05, 0.1) is 0 Å². The fourth-order valence-electron chi connectivity index (χ4n) is 14.0. The molecule has 3 aliphatic rings. The number of fused-ring (bicyclic) bond motifs is 10. The molecule has 0 amide bonds. The minimum absolute atomic E-state index is 0. The summed E-state index contributed by atoms with van der Waals surface area (Å²) in [5, 5.41) is 20.7. The molecule has 0 aromatic heterocycles. The summed E-state index contributed by atoms with van der Waals surface area (Å²) in [5.74, 6) is -0.142. The van der Waals surface area contributed by atoms with Gasteiger partial charge in [0, 0.05) is 22.3 Å². The zero-order chi connectivity index (χ0) is 52.7. The van der Waals surface area contributed by atoms with Crippen molar-refractivity contribution in [1.82, 2.24) is 0 Å². The van der Waals surface area contributed by atoms with E-state index in [9.17, 15) is 9.59 Å². The maximum absolute atomic E-state index is 13.3. The molecule has 0 spiro atoms. The van der Waals surface area contributed by atoms with Crippen molar-refractivity contribution < 1.29 is 28.4 Å². The number of ketones is 2. The summed E-state index contributed by atoms with van der Waals surface area (Å²) in [4.78, 5) is 26.6. The molecular formula is C79H47LiO2. The molecule has 0 saturated heterocycles. The first kappa shape index (κ1) is 49.1. The van der Waals surface area contributed by atoms with Crippen LogP contribution in [0.3, 0.4) is 0 Å². The Morgan fingerprint density at radius 2 is 0.598 bits per heavy atom. The number of carbonyl (C=O) groups is 2. The van der Waals surface area contributed by atoms with Gasteiger partial charge >= 0.3 is 18.9 Å². The van der Waals surface area contributed by atoms with E-state index in [0.717, 1.165) is 22.3 Å². The first-order valence-corrected chi connectivity index (χ1v) is 27.4. The molecule has 376 valence electrons. The van der Waals surface area contributed by atoms with Gasteiger partial charge in [-0.15, -0.1) is 0 Å². The molecule has 0 radical (unpaired) electrons. The van der Waals surface area contributed by atoms with Gasteiger partial charge in [-0.3, -0.25) is 9.59 Å². The Morgan fingerprint density at radius 3 is 1.04 bits per heavy atom. The van der Waals surface area contributed by atoms with Crippen molar-refractivity contribution in [3.05, 3.63) is 289 Å². The Bertz CT molecular complexity index is 5290. The van der Waals surface area contributed by atoms with Gasteiger partial charge in [0.15, 0.2) is 11.6 Å². The predicted molar refractivity (Wildman–Crippen MR) is 340 cm³/mol. The quantitative estimate of drug-likeness (QED) is 0.0748. The molecule has 0 bridgehead atoms. The fraction of sp³-hybridized carbons (Fsp3) is 0.0127. The van der Waals surface area contributed by atoms with Crippen molar-refractivity contribution in [1.29, 1.82) is 0 Å². The number of hydrogen-bond acceptors (Lipinski definition) is 2. The summed E-state index contributed by atoms with van der Waals surface area (Å²) in [6.07, 6.45) is 0. The standard InChI is InChI=1S/C42H24.C30H14O2.C6H5.CH4.Li/c1-3-10-25(11-4-1)39-30-16-7-8-17-31(30)40(26-12-5-2-6-13-26)37-24-34-33(23-36(37)39)32-21-20-28-19-18-27-14-9-15-29-22-35(34)42(32)41(28)38(27)29;31-29-19-6-1-2-7-20(19)30(32)25-14-22-21(13-24(25)29)18-11-10-16-9-8-15-4-3-5-17-12-23(22)28(18)27(16)26(15)17;1-2-4-6-5-3-1;;/h1-24H;1-14H;1-5H;1H4;/q;;-1;;+1. The van der Waals surface area contributed by atoms with Crippen LogP contribution < -0.4 is 18.9 Å². The molecule has 0 heterocycles. The van der Waals surface area contributed by atoms with Gasteiger partial charge in [0.25, 0.3) is 0 Å². The molecule has 0 N–H and O–H groups in total. The summed E-state index contributed by atoms with van der Waals surface area (Å²) in [6.45, 7) is 0. The molecule has 0 aliphatic heterocycles. The van der Waals surface area contributed by atoms with Crippen LogP contribution in [-0.4, -0.2) is 11.6 Å². The third-order valence-electron chi connectivity index (χ3n) is 17.4. The summed E-state index contributed by atoms with van der Waals surface area (Å²) in [5.41, 5.74) is 16.9. The number of benzene rings is 16. The van der Waals surface area contributed by atoms with Crippen LogP contribution in [0.1, 0.15) is 39.3 Å². The van der Waals surface area contributed by atoms with Gasteiger partial charge < -0.3 is 0 Å². The third-order valence-corrected chi connectivity index (χ3v) is 17.4. The zero-order valence-electron chi connectivity index (χ0n) is 44.1. The summed E-state index contributed by atoms with van der Waals surface area (Å²) < 4.78 is 0. The van der Waals surface area contributed by atoms with Gasteiger partial charge in [-0.25, -0.2) is 0 Å². The van der Waals surface area contributed by atoms with Crippen LogP contribution in [-0.2, 0) is 0 Å². The van der Waals surface area contributed by atoms with Crippen LogP contribution in [0.25, 0.3) is 153 Å². The molecule has 16 aromatic carbocycles. The van der Waals surface area contributed by atoms with Crippen LogP contribution in [0.5, 0.6) is 0 Å². The van der Waals surface area contributed by atoms with Crippen LogP contribution in [0.2, 0.25) is 0 Å². The molecule has 0 saturated carbocycles. The average molecular weight is 1040 g/mol. The van der Waals surface area contributed by atoms with Crippen LogP contribution in [0.15, 0.2) is 261 Å². The molecule has 3 aliphatic carbocycles. The third kappa shape index (κ3) is 7.03. The Balaban J connectivity index is 0.000000128. The molecule has 0 unspecified atom stereocenters. The maximum Gasteiger partial charge on any atom is 1.00 e. The Kier molecular flexibility index (Phi) is 11.3. The first-order valence-electron chi connectivity index (χ1n) is 27.4. The monoisotopic (exact) mass is 1030 g/mol. The van der Waals surface area contributed by atoms with E-state index in [2.05, 4.69) is 200 Å². The van der Waals surface area contributed by atoms with Crippen molar-refractivity contribution in [3.8, 4) is 66.8 Å². The van der Waals surface area contributed by atoms with Gasteiger partial charge in [-0.1, -0.05) is 202 Å². The Labute approximate surface area is 486 Å². The summed E-state index contributed by atoms with van der Waals surface area (Å²) in [6, 6.07) is 95.1. The second kappa shape index (κ2) is 18.8. The molecule has 3 heteroatoms. The van der Waals surface area contributed by atoms with Gasteiger partial charge in [-0.2, -0.15) is 36.4 Å². The molecule has 2 nitrogen and oxygen atoms in total. The zero-order valence-corrected chi connectivity index (χ0v) is 44.1. The van der Waals surface area contributed by atoms with Gasteiger partial charge in [0.1, 0.15) is 0 Å². The molecule has 0 fully saturated rings. The smallest absolute Gasteiger partial charge is 0.289 e. The van der Waals surface area contributed by atoms with Crippen molar-refractivity contribution >= 4 is 97.7 Å². The number of rotatable bonds is 2. The van der Waals surface area contributed by atoms with Gasteiger partial charge in [0.2, 0.25) is 0 Å². The Morgan fingerprint density at radius 1 is 0.232 bits per heavy atom. The summed E-state index contributed by atoms with van der Waals surface area (Å²) >= 11 is 0. The van der Waals surface area contributed by atoms with E-state index in [1.54, 1.807) is 12.1 Å². The first-order chi connectivity index (χ1) is 39.6. The number of hydrogen-bond donors (Lipinski definition) is 0. The second-order valence-corrected chi connectivity index (χ2v) is 21.5. The average Bonchev–Trinajstić information content (AvgIpc) is 2.27. The largest absolute Gasteiger partial charge is 1.00 e. The minimum Gasteiger partial charge on any atom is -0.289 e. The van der Waals surface area contributed by atoms with E-state index >= 15 is 0 Å². The number of carbonyl (C=O) groups excluding carboxylic acids is 2.